The maximum atomic E-state index is 13.1. The van der Waals surface area contributed by atoms with Crippen LogP contribution in [0.5, 0.6) is 0 Å². The normalized spacial score (nSPS) is 18.0. The van der Waals surface area contributed by atoms with Gasteiger partial charge in [-0.25, -0.2) is 0 Å². The third-order valence-corrected chi connectivity index (χ3v) is 5.05. The second-order valence-electron chi connectivity index (χ2n) is 6.22. The van der Waals surface area contributed by atoms with E-state index in [9.17, 15) is 9.59 Å². The van der Waals surface area contributed by atoms with Gasteiger partial charge in [0, 0.05) is 18.1 Å². The van der Waals surface area contributed by atoms with Crippen LogP contribution in [0.2, 0.25) is 0 Å². The number of likely N-dealkylation sites (N-methyl/N-ethyl adjacent to an activating group) is 1. The van der Waals surface area contributed by atoms with Crippen molar-refractivity contribution in [3.8, 4) is 0 Å². The molecular formula is C17H22BrNO3. The van der Waals surface area contributed by atoms with E-state index in [1.54, 1.807) is 18.9 Å². The van der Waals surface area contributed by atoms with Crippen LogP contribution in [0.3, 0.4) is 0 Å². The van der Waals surface area contributed by atoms with E-state index in [-0.39, 0.29) is 12.5 Å². The molecule has 0 spiro atoms. The number of halogens is 1. The highest BCUT2D eigenvalue weighted by Gasteiger charge is 2.44. The Morgan fingerprint density at radius 3 is 2.55 bits per heavy atom. The van der Waals surface area contributed by atoms with E-state index in [4.69, 9.17) is 5.11 Å². The molecule has 4 nitrogen and oxygen atoms in total. The molecule has 0 aromatic heterocycles. The number of nitrogens with zero attached hydrogens (tertiary/aromatic N) is 1. The average Bonchev–Trinajstić information content (AvgIpc) is 2.97. The standard InChI is InChI=1S/C17H22BrNO3/c1-12(15(20)21)11-19(2)16(22)17(8-3-4-9-17)13-6-5-7-14(18)10-13/h5-7,10,12H,3-4,8-9,11H2,1-2H3,(H,20,21). The van der Waals surface area contributed by atoms with Crippen molar-refractivity contribution in [2.24, 2.45) is 5.92 Å². The van der Waals surface area contributed by atoms with Gasteiger partial charge in [-0.05, 0) is 30.5 Å². The van der Waals surface area contributed by atoms with E-state index in [0.29, 0.717) is 0 Å². The second-order valence-corrected chi connectivity index (χ2v) is 7.14. The van der Waals surface area contributed by atoms with Crippen molar-refractivity contribution in [2.45, 2.75) is 38.0 Å². The van der Waals surface area contributed by atoms with Crippen molar-refractivity contribution < 1.29 is 14.7 Å². The van der Waals surface area contributed by atoms with E-state index in [1.165, 1.54) is 0 Å². The van der Waals surface area contributed by atoms with Gasteiger partial charge in [-0.3, -0.25) is 9.59 Å². The first-order valence-corrected chi connectivity index (χ1v) is 8.40. The molecule has 0 radical (unpaired) electrons. The van der Waals surface area contributed by atoms with Crippen molar-refractivity contribution in [3.05, 3.63) is 34.3 Å². The number of carbonyl (C=O) groups is 2. The third kappa shape index (κ3) is 3.35. The van der Waals surface area contributed by atoms with Crippen molar-refractivity contribution in [2.75, 3.05) is 13.6 Å². The number of aliphatic carboxylic acids is 1. The van der Waals surface area contributed by atoms with Gasteiger partial charge in [-0.1, -0.05) is 47.8 Å². The molecule has 0 bridgehead atoms. The number of hydrogen-bond acceptors (Lipinski definition) is 2. The fourth-order valence-corrected chi connectivity index (χ4v) is 3.73. The molecule has 1 unspecified atom stereocenters. The van der Waals surface area contributed by atoms with E-state index >= 15 is 0 Å². The number of rotatable bonds is 5. The first-order valence-electron chi connectivity index (χ1n) is 7.61. The minimum absolute atomic E-state index is 0.0381. The Bertz CT molecular complexity index is 567. The van der Waals surface area contributed by atoms with E-state index < -0.39 is 17.3 Å². The smallest absolute Gasteiger partial charge is 0.308 e. The van der Waals surface area contributed by atoms with Crippen molar-refractivity contribution in [1.82, 2.24) is 4.90 Å². The summed E-state index contributed by atoms with van der Waals surface area (Å²) in [5.74, 6) is -1.39. The minimum Gasteiger partial charge on any atom is -0.481 e. The summed E-state index contributed by atoms with van der Waals surface area (Å²) in [5.41, 5.74) is 0.524. The molecule has 1 aromatic carbocycles. The lowest BCUT2D eigenvalue weighted by molar-refractivity contribution is -0.143. The summed E-state index contributed by atoms with van der Waals surface area (Å²) in [6, 6.07) is 7.92. The Morgan fingerprint density at radius 2 is 2.00 bits per heavy atom. The molecule has 1 N–H and O–H groups in total. The molecule has 1 fully saturated rings. The van der Waals surface area contributed by atoms with Crippen LogP contribution in [0.15, 0.2) is 28.7 Å². The minimum atomic E-state index is -0.873. The van der Waals surface area contributed by atoms with Gasteiger partial charge in [0.25, 0.3) is 0 Å². The van der Waals surface area contributed by atoms with Crippen LogP contribution in [-0.2, 0) is 15.0 Å². The Hall–Kier alpha value is -1.36. The fraction of sp³-hybridized carbons (Fsp3) is 0.529. The lowest BCUT2D eigenvalue weighted by atomic mass is 9.77. The van der Waals surface area contributed by atoms with Gasteiger partial charge < -0.3 is 10.0 Å². The molecule has 0 saturated heterocycles. The summed E-state index contributed by atoms with van der Waals surface area (Å²) in [4.78, 5) is 25.7. The highest BCUT2D eigenvalue weighted by atomic mass is 79.9. The van der Waals surface area contributed by atoms with Gasteiger partial charge >= 0.3 is 5.97 Å². The molecule has 1 amide bonds. The number of amides is 1. The van der Waals surface area contributed by atoms with E-state index in [0.717, 1.165) is 35.7 Å². The zero-order chi connectivity index (χ0) is 16.3. The van der Waals surface area contributed by atoms with Gasteiger partial charge in [0.2, 0.25) is 5.91 Å². The van der Waals surface area contributed by atoms with Gasteiger partial charge in [0.1, 0.15) is 0 Å². The molecule has 22 heavy (non-hydrogen) atoms. The Morgan fingerprint density at radius 1 is 1.36 bits per heavy atom. The molecule has 1 aliphatic rings. The average molecular weight is 368 g/mol. The van der Waals surface area contributed by atoms with Crippen LogP contribution in [0.4, 0.5) is 0 Å². The highest BCUT2D eigenvalue weighted by molar-refractivity contribution is 9.10. The summed E-state index contributed by atoms with van der Waals surface area (Å²) >= 11 is 3.48. The molecule has 1 aliphatic carbocycles. The number of carboxylic acids is 1. The number of benzene rings is 1. The summed E-state index contributed by atoms with van der Waals surface area (Å²) < 4.78 is 0.964. The van der Waals surface area contributed by atoms with Crippen molar-refractivity contribution >= 4 is 27.8 Å². The molecule has 1 atom stereocenters. The van der Waals surface area contributed by atoms with Crippen LogP contribution in [0.25, 0.3) is 0 Å². The van der Waals surface area contributed by atoms with Crippen LogP contribution in [0, 0.1) is 5.92 Å². The maximum Gasteiger partial charge on any atom is 0.308 e. The van der Waals surface area contributed by atoms with Crippen LogP contribution >= 0.6 is 15.9 Å². The monoisotopic (exact) mass is 367 g/mol. The van der Waals surface area contributed by atoms with Crippen LogP contribution in [0.1, 0.15) is 38.2 Å². The van der Waals surface area contributed by atoms with Gasteiger partial charge in [0.15, 0.2) is 0 Å². The Balaban J connectivity index is 2.27. The Kier molecular flexibility index (Phi) is 5.27. The molecule has 120 valence electrons. The molecule has 1 aromatic rings. The summed E-state index contributed by atoms with van der Waals surface area (Å²) in [7, 11) is 1.71. The van der Waals surface area contributed by atoms with E-state index in [2.05, 4.69) is 15.9 Å². The topological polar surface area (TPSA) is 57.6 Å². The third-order valence-electron chi connectivity index (χ3n) is 4.56. The Labute approximate surface area is 139 Å². The molecule has 0 aliphatic heterocycles. The molecular weight excluding hydrogens is 346 g/mol. The molecule has 1 saturated carbocycles. The predicted molar refractivity (Wildman–Crippen MR) is 88.7 cm³/mol. The largest absolute Gasteiger partial charge is 0.481 e. The number of hydrogen-bond donors (Lipinski definition) is 1. The lowest BCUT2D eigenvalue weighted by Crippen LogP contribution is -2.45. The van der Waals surface area contributed by atoms with Crippen molar-refractivity contribution in [1.29, 1.82) is 0 Å². The summed E-state index contributed by atoms with van der Waals surface area (Å²) in [6.07, 6.45) is 3.71. The van der Waals surface area contributed by atoms with Crippen LogP contribution in [-0.4, -0.2) is 35.5 Å². The zero-order valence-electron chi connectivity index (χ0n) is 13.0. The van der Waals surface area contributed by atoms with Gasteiger partial charge in [-0.15, -0.1) is 0 Å². The zero-order valence-corrected chi connectivity index (χ0v) is 14.6. The molecule has 0 heterocycles. The molecule has 2 rings (SSSR count). The second kappa shape index (κ2) is 6.82. The maximum absolute atomic E-state index is 13.1. The van der Waals surface area contributed by atoms with Gasteiger partial charge in [-0.2, -0.15) is 0 Å². The SMILES string of the molecule is CC(CN(C)C(=O)C1(c2cccc(Br)c2)CCCC1)C(=O)O. The summed E-state index contributed by atoms with van der Waals surface area (Å²) in [5, 5.41) is 9.05. The lowest BCUT2D eigenvalue weighted by Gasteiger charge is -2.33. The number of carboxylic acid groups (broad SMARTS) is 1. The van der Waals surface area contributed by atoms with E-state index in [1.807, 2.05) is 24.3 Å². The first-order chi connectivity index (χ1) is 10.4. The van der Waals surface area contributed by atoms with Crippen molar-refractivity contribution in [3.63, 3.8) is 0 Å². The fourth-order valence-electron chi connectivity index (χ4n) is 3.33. The first kappa shape index (κ1) is 17.0. The summed E-state index contributed by atoms with van der Waals surface area (Å²) in [6.45, 7) is 1.87. The number of carbonyl (C=O) groups excluding carboxylic acids is 1. The quantitative estimate of drug-likeness (QED) is 0.866. The van der Waals surface area contributed by atoms with Gasteiger partial charge in [0.05, 0.1) is 11.3 Å². The highest BCUT2D eigenvalue weighted by Crippen LogP contribution is 2.43. The predicted octanol–water partition coefficient (Wildman–Crippen LogP) is 3.44. The molecule has 5 heteroatoms. The van der Waals surface area contributed by atoms with Crippen LogP contribution < -0.4 is 0 Å².